The van der Waals surface area contributed by atoms with Crippen LogP contribution in [-0.2, 0) is 11.3 Å². The van der Waals surface area contributed by atoms with Crippen LogP contribution >= 0.6 is 15.9 Å². The third-order valence-corrected chi connectivity index (χ3v) is 3.95. The molecule has 0 amide bonds. The number of piperidine rings is 1. The van der Waals surface area contributed by atoms with E-state index in [1.165, 1.54) is 7.11 Å². The maximum atomic E-state index is 13.1. The highest BCUT2D eigenvalue weighted by Gasteiger charge is 2.34. The highest BCUT2D eigenvalue weighted by atomic mass is 79.9. The molecule has 0 unspecified atom stereocenters. The van der Waals surface area contributed by atoms with Crippen molar-refractivity contribution >= 4 is 21.9 Å². The molecule has 1 aliphatic rings. The number of alkyl halides is 2. The van der Waals surface area contributed by atoms with Crippen molar-refractivity contribution in [3.63, 3.8) is 0 Å². The minimum atomic E-state index is -2.55. The Balaban J connectivity index is 2.11. The maximum Gasteiger partial charge on any atom is 0.338 e. The van der Waals surface area contributed by atoms with Crippen molar-refractivity contribution < 1.29 is 18.3 Å². The van der Waals surface area contributed by atoms with Crippen LogP contribution in [0, 0.1) is 0 Å². The number of carbonyl (C=O) groups is 1. The van der Waals surface area contributed by atoms with Crippen LogP contribution in [0.25, 0.3) is 0 Å². The molecule has 0 aromatic heterocycles. The van der Waals surface area contributed by atoms with Crippen molar-refractivity contribution in [1.29, 1.82) is 0 Å². The van der Waals surface area contributed by atoms with Crippen molar-refractivity contribution in [1.82, 2.24) is 4.90 Å². The Hall–Kier alpha value is -1.01. The smallest absolute Gasteiger partial charge is 0.338 e. The summed E-state index contributed by atoms with van der Waals surface area (Å²) in [5.74, 6) is -2.97. The summed E-state index contributed by atoms with van der Waals surface area (Å²) in [7, 11) is 1.33. The SMILES string of the molecule is COC(=O)c1cc(Br)ccc1CN1CCC(F)(F)CC1. The largest absolute Gasteiger partial charge is 0.465 e. The summed E-state index contributed by atoms with van der Waals surface area (Å²) in [5, 5.41) is 0. The van der Waals surface area contributed by atoms with Crippen LogP contribution < -0.4 is 0 Å². The topological polar surface area (TPSA) is 29.5 Å². The Morgan fingerprint density at radius 1 is 1.40 bits per heavy atom. The molecule has 0 atom stereocenters. The lowest BCUT2D eigenvalue weighted by Crippen LogP contribution is -2.39. The van der Waals surface area contributed by atoms with Gasteiger partial charge in [-0.3, -0.25) is 4.90 Å². The van der Waals surface area contributed by atoms with Gasteiger partial charge < -0.3 is 4.74 Å². The Labute approximate surface area is 125 Å². The fraction of sp³-hybridized carbons (Fsp3) is 0.500. The second kappa shape index (κ2) is 6.18. The lowest BCUT2D eigenvalue weighted by Gasteiger charge is -2.32. The van der Waals surface area contributed by atoms with Gasteiger partial charge >= 0.3 is 5.97 Å². The predicted molar refractivity (Wildman–Crippen MR) is 74.9 cm³/mol. The first-order valence-corrected chi connectivity index (χ1v) is 7.17. The fourth-order valence-corrected chi connectivity index (χ4v) is 2.63. The van der Waals surface area contributed by atoms with E-state index >= 15 is 0 Å². The van der Waals surface area contributed by atoms with Crippen LogP contribution in [0.15, 0.2) is 22.7 Å². The number of likely N-dealkylation sites (tertiary alicyclic amines) is 1. The molecule has 1 heterocycles. The lowest BCUT2D eigenvalue weighted by atomic mass is 10.0. The summed E-state index contributed by atoms with van der Waals surface area (Å²) in [4.78, 5) is 13.7. The summed E-state index contributed by atoms with van der Waals surface area (Å²) in [6.45, 7) is 1.15. The molecular weight excluding hydrogens is 332 g/mol. The van der Waals surface area contributed by atoms with E-state index in [9.17, 15) is 13.6 Å². The van der Waals surface area contributed by atoms with Crippen LogP contribution in [0.2, 0.25) is 0 Å². The minimum Gasteiger partial charge on any atom is -0.465 e. The number of nitrogens with zero attached hydrogens (tertiary/aromatic N) is 1. The first kappa shape index (κ1) is 15.4. The normalized spacial score (nSPS) is 18.8. The van der Waals surface area contributed by atoms with Gasteiger partial charge in [0.2, 0.25) is 0 Å². The molecule has 0 saturated carbocycles. The van der Waals surface area contributed by atoms with Crippen LogP contribution in [0.4, 0.5) is 8.78 Å². The number of rotatable bonds is 3. The molecule has 0 spiro atoms. The molecule has 1 fully saturated rings. The average Bonchev–Trinajstić information content (AvgIpc) is 2.42. The molecule has 1 aromatic carbocycles. The van der Waals surface area contributed by atoms with Crippen LogP contribution in [0.5, 0.6) is 0 Å². The van der Waals surface area contributed by atoms with Gasteiger partial charge in [-0.2, -0.15) is 0 Å². The van der Waals surface area contributed by atoms with E-state index in [2.05, 4.69) is 15.9 Å². The van der Waals surface area contributed by atoms with Crippen molar-refractivity contribution in [3.05, 3.63) is 33.8 Å². The van der Waals surface area contributed by atoms with E-state index < -0.39 is 11.9 Å². The number of carbonyl (C=O) groups excluding carboxylic acids is 1. The first-order chi connectivity index (χ1) is 9.41. The number of hydrogen-bond donors (Lipinski definition) is 0. The summed E-state index contributed by atoms with van der Waals surface area (Å²) < 4.78 is 31.8. The van der Waals surface area contributed by atoms with Crippen LogP contribution in [0.1, 0.15) is 28.8 Å². The highest BCUT2D eigenvalue weighted by Crippen LogP contribution is 2.29. The van der Waals surface area contributed by atoms with Gasteiger partial charge in [-0.1, -0.05) is 22.0 Å². The van der Waals surface area contributed by atoms with E-state index in [0.29, 0.717) is 25.2 Å². The quantitative estimate of drug-likeness (QED) is 0.784. The van der Waals surface area contributed by atoms with Crippen molar-refractivity contribution in [3.8, 4) is 0 Å². The number of esters is 1. The van der Waals surface area contributed by atoms with E-state index in [0.717, 1.165) is 10.0 Å². The van der Waals surface area contributed by atoms with Gasteiger partial charge in [0.05, 0.1) is 12.7 Å². The molecule has 2 rings (SSSR count). The Morgan fingerprint density at radius 2 is 2.05 bits per heavy atom. The molecular formula is C14H16BrF2NO2. The highest BCUT2D eigenvalue weighted by molar-refractivity contribution is 9.10. The number of hydrogen-bond acceptors (Lipinski definition) is 3. The van der Waals surface area contributed by atoms with Gasteiger partial charge in [0, 0.05) is 36.9 Å². The Kier molecular flexibility index (Phi) is 4.75. The van der Waals surface area contributed by atoms with Gasteiger partial charge in [0.15, 0.2) is 0 Å². The second-order valence-corrected chi connectivity index (χ2v) is 5.84. The standard InChI is InChI=1S/C14H16BrF2NO2/c1-20-13(19)12-8-11(15)3-2-10(12)9-18-6-4-14(16,17)5-7-18/h2-3,8H,4-7,9H2,1H3. The van der Waals surface area contributed by atoms with E-state index in [1.54, 1.807) is 6.07 Å². The zero-order chi connectivity index (χ0) is 14.8. The predicted octanol–water partition coefficient (Wildman–Crippen LogP) is 3.47. The van der Waals surface area contributed by atoms with Gasteiger partial charge in [-0.15, -0.1) is 0 Å². The molecule has 0 bridgehead atoms. The minimum absolute atomic E-state index is 0.128. The molecule has 1 saturated heterocycles. The molecule has 3 nitrogen and oxygen atoms in total. The maximum absolute atomic E-state index is 13.1. The van der Waals surface area contributed by atoms with E-state index in [1.807, 2.05) is 17.0 Å². The van der Waals surface area contributed by atoms with Crippen molar-refractivity contribution in [2.24, 2.45) is 0 Å². The molecule has 0 radical (unpaired) electrons. The number of methoxy groups -OCH3 is 1. The van der Waals surface area contributed by atoms with Gasteiger partial charge in [0.1, 0.15) is 0 Å². The Morgan fingerprint density at radius 3 is 2.65 bits per heavy atom. The van der Waals surface area contributed by atoms with Gasteiger partial charge in [-0.25, -0.2) is 13.6 Å². The number of halogens is 3. The first-order valence-electron chi connectivity index (χ1n) is 6.38. The summed E-state index contributed by atoms with van der Waals surface area (Å²) >= 11 is 3.31. The summed E-state index contributed by atoms with van der Waals surface area (Å²) in [6, 6.07) is 5.35. The number of ether oxygens (including phenoxy) is 1. The number of benzene rings is 1. The molecule has 6 heteroatoms. The van der Waals surface area contributed by atoms with Gasteiger partial charge in [0.25, 0.3) is 5.92 Å². The third-order valence-electron chi connectivity index (χ3n) is 3.46. The molecule has 0 aliphatic carbocycles. The van der Waals surface area contributed by atoms with E-state index in [-0.39, 0.29) is 12.8 Å². The van der Waals surface area contributed by atoms with Crippen molar-refractivity contribution in [2.75, 3.05) is 20.2 Å². The monoisotopic (exact) mass is 347 g/mol. The fourth-order valence-electron chi connectivity index (χ4n) is 2.27. The molecule has 20 heavy (non-hydrogen) atoms. The second-order valence-electron chi connectivity index (χ2n) is 4.93. The van der Waals surface area contributed by atoms with Gasteiger partial charge in [-0.05, 0) is 17.7 Å². The summed E-state index contributed by atoms with van der Waals surface area (Å²) in [5.41, 5.74) is 1.27. The molecule has 1 aromatic rings. The van der Waals surface area contributed by atoms with Crippen molar-refractivity contribution in [2.45, 2.75) is 25.3 Å². The average molecular weight is 348 g/mol. The van der Waals surface area contributed by atoms with Crippen LogP contribution in [-0.4, -0.2) is 37.0 Å². The van der Waals surface area contributed by atoms with E-state index in [4.69, 9.17) is 4.74 Å². The molecule has 0 N–H and O–H groups in total. The zero-order valence-corrected chi connectivity index (χ0v) is 12.8. The summed E-state index contributed by atoms with van der Waals surface area (Å²) in [6.07, 6.45) is -0.256. The molecule has 110 valence electrons. The lowest BCUT2D eigenvalue weighted by molar-refractivity contribution is -0.0567. The Bertz CT molecular complexity index is 498. The molecule has 1 aliphatic heterocycles. The van der Waals surface area contributed by atoms with Crippen LogP contribution in [0.3, 0.4) is 0 Å². The third kappa shape index (κ3) is 3.76. The zero-order valence-electron chi connectivity index (χ0n) is 11.2.